The zero-order chi connectivity index (χ0) is 8.29. The third kappa shape index (κ3) is 0.686. The zero-order valence-electron chi connectivity index (χ0n) is 8.03. The van der Waals surface area contributed by atoms with Gasteiger partial charge in [0, 0.05) is 24.2 Å². The summed E-state index contributed by atoms with van der Waals surface area (Å²) in [4.78, 5) is 5.31. The van der Waals surface area contributed by atoms with Gasteiger partial charge >= 0.3 is 0 Å². The topological polar surface area (TPSA) is 6.48 Å². The van der Waals surface area contributed by atoms with Gasteiger partial charge in [-0.05, 0) is 39.8 Å². The molecule has 0 N–H and O–H groups in total. The predicted octanol–water partition coefficient (Wildman–Crippen LogP) is 0.926. The van der Waals surface area contributed by atoms with E-state index in [1.165, 1.54) is 25.7 Å². The molecule has 0 spiro atoms. The van der Waals surface area contributed by atoms with Crippen LogP contribution in [-0.2, 0) is 0 Å². The fourth-order valence-electron chi connectivity index (χ4n) is 3.84. The second-order valence-corrected chi connectivity index (χ2v) is 4.76. The third-order valence-electron chi connectivity index (χ3n) is 4.50. The molecule has 0 aromatic heterocycles. The summed E-state index contributed by atoms with van der Waals surface area (Å²) in [5.41, 5.74) is 0. The number of piperazine rings is 1. The van der Waals surface area contributed by atoms with Gasteiger partial charge in [-0.15, -0.1) is 0 Å². The fourth-order valence-corrected chi connectivity index (χ4v) is 3.84. The lowest BCUT2D eigenvalue weighted by Gasteiger charge is -2.63. The van der Waals surface area contributed by atoms with E-state index in [4.69, 9.17) is 0 Å². The smallest absolute Gasteiger partial charge is 0.0252 e. The highest BCUT2D eigenvalue weighted by Gasteiger charge is 2.51. The van der Waals surface area contributed by atoms with Crippen molar-refractivity contribution in [2.75, 3.05) is 14.1 Å². The average molecular weight is 166 g/mol. The molecular weight excluding hydrogens is 148 g/mol. The van der Waals surface area contributed by atoms with E-state index < -0.39 is 0 Å². The Morgan fingerprint density at radius 2 is 0.917 bits per heavy atom. The van der Waals surface area contributed by atoms with E-state index in [0.717, 1.165) is 24.2 Å². The van der Waals surface area contributed by atoms with E-state index in [-0.39, 0.29) is 0 Å². The van der Waals surface area contributed by atoms with Crippen LogP contribution in [0.4, 0.5) is 0 Å². The largest absolute Gasteiger partial charge is 0.297 e. The van der Waals surface area contributed by atoms with E-state index in [9.17, 15) is 0 Å². The van der Waals surface area contributed by atoms with Crippen LogP contribution in [0.2, 0.25) is 0 Å². The molecule has 0 aromatic carbocycles. The quantitative estimate of drug-likeness (QED) is 0.528. The van der Waals surface area contributed by atoms with Gasteiger partial charge in [-0.3, -0.25) is 9.80 Å². The molecule has 12 heavy (non-hydrogen) atoms. The van der Waals surface area contributed by atoms with Crippen molar-refractivity contribution >= 4 is 0 Å². The number of likely N-dealkylation sites (N-methyl/N-ethyl adjacent to an activating group) is 2. The van der Waals surface area contributed by atoms with Crippen molar-refractivity contribution in [2.45, 2.75) is 49.9 Å². The maximum absolute atomic E-state index is 2.66. The first-order valence-electron chi connectivity index (χ1n) is 5.23. The fraction of sp³-hybridized carbons (Fsp3) is 1.00. The molecule has 5 aliphatic rings. The lowest BCUT2D eigenvalue weighted by Crippen LogP contribution is -2.73. The van der Waals surface area contributed by atoms with Gasteiger partial charge in [-0.1, -0.05) is 0 Å². The van der Waals surface area contributed by atoms with Gasteiger partial charge < -0.3 is 0 Å². The zero-order valence-corrected chi connectivity index (χ0v) is 8.03. The molecule has 4 atom stereocenters. The summed E-state index contributed by atoms with van der Waals surface area (Å²) in [5, 5.41) is 0. The van der Waals surface area contributed by atoms with Gasteiger partial charge in [0.1, 0.15) is 0 Å². The van der Waals surface area contributed by atoms with Crippen LogP contribution < -0.4 is 0 Å². The molecule has 5 saturated heterocycles. The minimum Gasteiger partial charge on any atom is -0.297 e. The normalized spacial score (nSPS) is 53.5. The second-order valence-electron chi connectivity index (χ2n) is 4.76. The van der Waals surface area contributed by atoms with Crippen molar-refractivity contribution in [1.29, 1.82) is 0 Å². The number of hydrogen-bond donors (Lipinski definition) is 0. The molecule has 0 aliphatic carbocycles. The van der Waals surface area contributed by atoms with Gasteiger partial charge in [0.25, 0.3) is 0 Å². The molecule has 0 aromatic rings. The summed E-state index contributed by atoms with van der Waals surface area (Å²) in [6.45, 7) is 0. The predicted molar refractivity (Wildman–Crippen MR) is 49.1 cm³/mol. The number of fused-ring (bicyclic) bond motifs is 2. The standard InChI is InChI=1S/C10H18N2/c1-11-7-3-5-9-8(11)4-6-10(7)12(9)2/h7-10H,3-6H2,1-2H3. The molecule has 2 nitrogen and oxygen atoms in total. The van der Waals surface area contributed by atoms with E-state index >= 15 is 0 Å². The average Bonchev–Trinajstić information content (AvgIpc) is 2.03. The SMILES string of the molecule is CN1C2CCC3C1CCC2N3C. The van der Waals surface area contributed by atoms with Crippen molar-refractivity contribution in [1.82, 2.24) is 9.80 Å². The summed E-state index contributed by atoms with van der Waals surface area (Å²) >= 11 is 0. The van der Waals surface area contributed by atoms with Crippen molar-refractivity contribution in [3.8, 4) is 0 Å². The van der Waals surface area contributed by atoms with Crippen molar-refractivity contribution in [2.24, 2.45) is 0 Å². The first kappa shape index (κ1) is 7.34. The molecule has 0 amide bonds. The molecule has 0 saturated carbocycles. The monoisotopic (exact) mass is 166 g/mol. The van der Waals surface area contributed by atoms with Crippen LogP contribution in [0.1, 0.15) is 25.7 Å². The minimum absolute atomic E-state index is 0.888. The maximum atomic E-state index is 2.66. The van der Waals surface area contributed by atoms with Crippen LogP contribution in [0.3, 0.4) is 0 Å². The Balaban J connectivity index is 1.99. The summed E-state index contributed by atoms with van der Waals surface area (Å²) in [7, 11) is 4.67. The lowest BCUT2D eigenvalue weighted by atomic mass is 9.72. The number of hydrogen-bond acceptors (Lipinski definition) is 2. The van der Waals surface area contributed by atoms with Crippen molar-refractivity contribution in [3.63, 3.8) is 0 Å². The first-order valence-corrected chi connectivity index (χ1v) is 5.23. The highest BCUT2D eigenvalue weighted by atomic mass is 15.4. The van der Waals surface area contributed by atoms with Crippen molar-refractivity contribution < 1.29 is 0 Å². The van der Waals surface area contributed by atoms with Gasteiger partial charge in [0.15, 0.2) is 0 Å². The van der Waals surface area contributed by atoms with E-state index in [0.29, 0.717) is 0 Å². The summed E-state index contributed by atoms with van der Waals surface area (Å²) in [6.07, 6.45) is 5.80. The van der Waals surface area contributed by atoms with E-state index in [1.807, 2.05) is 0 Å². The van der Waals surface area contributed by atoms with E-state index in [1.54, 1.807) is 0 Å². The van der Waals surface area contributed by atoms with Crippen molar-refractivity contribution in [3.05, 3.63) is 0 Å². The number of piperidine rings is 4. The Morgan fingerprint density at radius 3 is 1.17 bits per heavy atom. The van der Waals surface area contributed by atoms with Crippen LogP contribution in [0, 0.1) is 0 Å². The lowest BCUT2D eigenvalue weighted by molar-refractivity contribution is -0.121. The van der Waals surface area contributed by atoms with Crippen LogP contribution >= 0.6 is 0 Å². The maximum Gasteiger partial charge on any atom is 0.0252 e. The van der Waals surface area contributed by atoms with E-state index in [2.05, 4.69) is 23.9 Å². The van der Waals surface area contributed by atoms with Crippen LogP contribution in [0.25, 0.3) is 0 Å². The Labute approximate surface area is 74.5 Å². The summed E-state index contributed by atoms with van der Waals surface area (Å²) in [6, 6.07) is 3.55. The second kappa shape index (κ2) is 2.24. The van der Waals surface area contributed by atoms with Crippen LogP contribution in [0.5, 0.6) is 0 Å². The Hall–Kier alpha value is -0.0800. The Kier molecular flexibility index (Phi) is 1.37. The molecule has 4 bridgehead atoms. The highest BCUT2D eigenvalue weighted by molar-refractivity contribution is 5.09. The molecule has 0 radical (unpaired) electrons. The minimum atomic E-state index is 0.888. The number of nitrogens with zero attached hydrogens (tertiary/aromatic N) is 2. The molecule has 5 aliphatic heterocycles. The molecule has 4 unspecified atom stereocenters. The van der Waals surface area contributed by atoms with Gasteiger partial charge in [0.05, 0.1) is 0 Å². The van der Waals surface area contributed by atoms with Gasteiger partial charge in [-0.25, -0.2) is 0 Å². The van der Waals surface area contributed by atoms with Gasteiger partial charge in [0.2, 0.25) is 0 Å². The summed E-state index contributed by atoms with van der Waals surface area (Å²) < 4.78 is 0. The molecule has 5 rings (SSSR count). The number of rotatable bonds is 0. The van der Waals surface area contributed by atoms with Gasteiger partial charge in [-0.2, -0.15) is 0 Å². The Bertz CT molecular complexity index is 162. The molecule has 2 heteroatoms. The molecule has 5 fully saturated rings. The Morgan fingerprint density at radius 1 is 0.667 bits per heavy atom. The third-order valence-corrected chi connectivity index (χ3v) is 4.50. The molecule has 5 heterocycles. The highest BCUT2D eigenvalue weighted by Crippen LogP contribution is 2.43. The van der Waals surface area contributed by atoms with Crippen LogP contribution in [-0.4, -0.2) is 48.1 Å². The first-order chi connectivity index (χ1) is 5.79. The molecular formula is C10H18N2. The summed E-state index contributed by atoms with van der Waals surface area (Å²) in [5.74, 6) is 0. The molecule has 68 valence electrons. The van der Waals surface area contributed by atoms with Crippen LogP contribution in [0.15, 0.2) is 0 Å².